The molecule has 0 fully saturated rings. The Morgan fingerprint density at radius 2 is 2.07 bits per heavy atom. The maximum Gasteiger partial charge on any atom is 0.305 e. The molecule has 0 aromatic rings. The number of hydrogen-bond donors (Lipinski definition) is 0. The van der Waals surface area contributed by atoms with Gasteiger partial charge in [0.25, 0.3) is 0 Å². The monoisotopic (exact) mass is 210 g/mol. The Balaban J connectivity index is 3.86. The van der Waals surface area contributed by atoms with Gasteiger partial charge in [-0.15, -0.1) is 0 Å². The largest absolute Gasteiger partial charge is 0.461 e. The van der Waals surface area contributed by atoms with Crippen LogP contribution in [0.25, 0.3) is 0 Å². The second-order valence-electron chi connectivity index (χ2n) is 3.74. The van der Waals surface area contributed by atoms with Crippen molar-refractivity contribution in [3.05, 3.63) is 23.8 Å². The van der Waals surface area contributed by atoms with Crippen molar-refractivity contribution in [3.8, 4) is 0 Å². The van der Waals surface area contributed by atoms with Crippen LogP contribution in [0, 0.1) is 5.92 Å². The fourth-order valence-corrected chi connectivity index (χ4v) is 1.10. The molecule has 0 aliphatic heterocycles. The molecule has 0 N–H and O–H groups in total. The SMILES string of the molecule is CCC(=O)OC/C=C/C(C)=C/C(C)CC. The summed E-state index contributed by atoms with van der Waals surface area (Å²) < 4.78 is 4.92. The lowest BCUT2D eigenvalue weighted by molar-refractivity contribution is -0.141. The molecule has 0 bridgehead atoms. The highest BCUT2D eigenvalue weighted by Crippen LogP contribution is 2.07. The zero-order valence-corrected chi connectivity index (χ0v) is 10.2. The molecule has 86 valence electrons. The van der Waals surface area contributed by atoms with E-state index in [0.29, 0.717) is 18.9 Å². The second kappa shape index (κ2) is 8.27. The molecule has 0 saturated carbocycles. The van der Waals surface area contributed by atoms with E-state index in [1.807, 2.05) is 12.2 Å². The van der Waals surface area contributed by atoms with E-state index in [0.717, 1.165) is 6.42 Å². The number of esters is 1. The summed E-state index contributed by atoms with van der Waals surface area (Å²) in [6, 6.07) is 0. The molecule has 0 rings (SSSR count). The van der Waals surface area contributed by atoms with E-state index in [4.69, 9.17) is 4.74 Å². The standard InChI is InChI=1S/C13H22O2/c1-5-11(3)10-12(4)8-7-9-15-13(14)6-2/h7-8,10-11H,5-6,9H2,1-4H3/b8-7+,12-10+. The van der Waals surface area contributed by atoms with Gasteiger partial charge in [0.15, 0.2) is 0 Å². The first kappa shape index (κ1) is 13.9. The van der Waals surface area contributed by atoms with E-state index in [2.05, 4.69) is 26.8 Å². The van der Waals surface area contributed by atoms with Crippen molar-refractivity contribution in [1.82, 2.24) is 0 Å². The molecule has 0 aromatic carbocycles. The van der Waals surface area contributed by atoms with Gasteiger partial charge in [-0.2, -0.15) is 0 Å². The van der Waals surface area contributed by atoms with Gasteiger partial charge < -0.3 is 4.74 Å². The van der Waals surface area contributed by atoms with Crippen molar-refractivity contribution >= 4 is 5.97 Å². The normalized spacial score (nSPS) is 14.3. The van der Waals surface area contributed by atoms with Crippen LogP contribution in [0.3, 0.4) is 0 Å². The van der Waals surface area contributed by atoms with Gasteiger partial charge >= 0.3 is 5.97 Å². The van der Waals surface area contributed by atoms with Crippen LogP contribution in [0.5, 0.6) is 0 Å². The lowest BCUT2D eigenvalue weighted by atomic mass is 10.1. The fraction of sp³-hybridized carbons (Fsp3) is 0.615. The summed E-state index contributed by atoms with van der Waals surface area (Å²) in [5.41, 5.74) is 1.22. The van der Waals surface area contributed by atoms with Gasteiger partial charge in [-0.1, -0.05) is 44.9 Å². The third kappa shape index (κ3) is 7.98. The number of rotatable bonds is 6. The summed E-state index contributed by atoms with van der Waals surface area (Å²) in [7, 11) is 0. The molecule has 1 unspecified atom stereocenters. The van der Waals surface area contributed by atoms with Gasteiger partial charge in [0, 0.05) is 6.42 Å². The van der Waals surface area contributed by atoms with Crippen molar-refractivity contribution in [2.45, 2.75) is 40.5 Å². The summed E-state index contributed by atoms with van der Waals surface area (Å²) in [6.07, 6.45) is 7.68. The van der Waals surface area contributed by atoms with Crippen LogP contribution in [0.15, 0.2) is 23.8 Å². The number of carbonyl (C=O) groups excluding carboxylic acids is 1. The Morgan fingerprint density at radius 1 is 1.40 bits per heavy atom. The van der Waals surface area contributed by atoms with Crippen LogP contribution < -0.4 is 0 Å². The van der Waals surface area contributed by atoms with E-state index >= 15 is 0 Å². The lowest BCUT2D eigenvalue weighted by Crippen LogP contribution is -2.01. The maximum absolute atomic E-state index is 10.8. The Kier molecular flexibility index (Phi) is 7.69. The van der Waals surface area contributed by atoms with Gasteiger partial charge in [-0.05, 0) is 18.9 Å². The van der Waals surface area contributed by atoms with Crippen LogP contribution >= 0.6 is 0 Å². The maximum atomic E-state index is 10.8. The lowest BCUT2D eigenvalue weighted by Gasteiger charge is -2.02. The van der Waals surface area contributed by atoms with E-state index in [1.54, 1.807) is 6.92 Å². The van der Waals surface area contributed by atoms with Gasteiger partial charge in [-0.3, -0.25) is 4.79 Å². The number of hydrogen-bond acceptors (Lipinski definition) is 2. The molecule has 0 heterocycles. The van der Waals surface area contributed by atoms with E-state index in [1.165, 1.54) is 5.57 Å². The Bertz CT molecular complexity index is 239. The Hall–Kier alpha value is -1.05. The van der Waals surface area contributed by atoms with Gasteiger partial charge in [0.2, 0.25) is 0 Å². The summed E-state index contributed by atoms with van der Waals surface area (Å²) >= 11 is 0. The predicted octanol–water partition coefficient (Wildman–Crippen LogP) is 3.49. The number of allylic oxidation sites excluding steroid dienone is 3. The molecule has 2 heteroatoms. The first-order valence-corrected chi connectivity index (χ1v) is 5.60. The molecule has 0 aliphatic carbocycles. The quantitative estimate of drug-likeness (QED) is 0.495. The third-order valence-electron chi connectivity index (χ3n) is 2.20. The Morgan fingerprint density at radius 3 is 2.60 bits per heavy atom. The van der Waals surface area contributed by atoms with Crippen LogP contribution in [0.4, 0.5) is 0 Å². The molecule has 0 amide bonds. The van der Waals surface area contributed by atoms with Crippen molar-refractivity contribution in [2.75, 3.05) is 6.61 Å². The highest BCUT2D eigenvalue weighted by molar-refractivity contribution is 5.68. The van der Waals surface area contributed by atoms with E-state index in [-0.39, 0.29) is 5.97 Å². The van der Waals surface area contributed by atoms with Crippen LogP contribution in [0.2, 0.25) is 0 Å². The topological polar surface area (TPSA) is 26.3 Å². The molecule has 2 nitrogen and oxygen atoms in total. The molecular weight excluding hydrogens is 188 g/mol. The zero-order chi connectivity index (χ0) is 11.7. The van der Waals surface area contributed by atoms with Crippen LogP contribution in [-0.2, 0) is 9.53 Å². The van der Waals surface area contributed by atoms with Crippen molar-refractivity contribution in [2.24, 2.45) is 5.92 Å². The fourth-order valence-electron chi connectivity index (χ4n) is 1.10. The predicted molar refractivity (Wildman–Crippen MR) is 63.6 cm³/mol. The third-order valence-corrected chi connectivity index (χ3v) is 2.20. The van der Waals surface area contributed by atoms with Crippen LogP contribution in [-0.4, -0.2) is 12.6 Å². The highest BCUT2D eigenvalue weighted by atomic mass is 16.5. The molecular formula is C13H22O2. The van der Waals surface area contributed by atoms with E-state index < -0.39 is 0 Å². The number of ether oxygens (including phenoxy) is 1. The summed E-state index contributed by atoms with van der Waals surface area (Å²) in [5, 5.41) is 0. The molecule has 0 spiro atoms. The second-order valence-corrected chi connectivity index (χ2v) is 3.74. The minimum absolute atomic E-state index is 0.150. The van der Waals surface area contributed by atoms with Gasteiger partial charge in [-0.25, -0.2) is 0 Å². The van der Waals surface area contributed by atoms with E-state index in [9.17, 15) is 4.79 Å². The smallest absolute Gasteiger partial charge is 0.305 e. The average Bonchev–Trinajstić information content (AvgIpc) is 2.23. The van der Waals surface area contributed by atoms with Gasteiger partial charge in [0.1, 0.15) is 6.61 Å². The summed E-state index contributed by atoms with van der Waals surface area (Å²) in [5.74, 6) is 0.455. The summed E-state index contributed by atoms with van der Waals surface area (Å²) in [6.45, 7) is 8.58. The van der Waals surface area contributed by atoms with Crippen molar-refractivity contribution in [1.29, 1.82) is 0 Å². The number of carbonyl (C=O) groups is 1. The van der Waals surface area contributed by atoms with Crippen molar-refractivity contribution in [3.63, 3.8) is 0 Å². The molecule has 0 aliphatic rings. The highest BCUT2D eigenvalue weighted by Gasteiger charge is 1.95. The molecule has 15 heavy (non-hydrogen) atoms. The molecule has 0 aromatic heterocycles. The summed E-state index contributed by atoms with van der Waals surface area (Å²) in [4.78, 5) is 10.8. The molecule has 0 radical (unpaired) electrons. The Labute approximate surface area is 93.0 Å². The molecule has 1 atom stereocenters. The van der Waals surface area contributed by atoms with Crippen molar-refractivity contribution < 1.29 is 9.53 Å². The molecule has 0 saturated heterocycles. The first-order valence-electron chi connectivity index (χ1n) is 5.60. The minimum Gasteiger partial charge on any atom is -0.461 e. The van der Waals surface area contributed by atoms with Crippen LogP contribution in [0.1, 0.15) is 40.5 Å². The first-order chi connectivity index (χ1) is 7.10. The zero-order valence-electron chi connectivity index (χ0n) is 10.2. The minimum atomic E-state index is -0.150. The average molecular weight is 210 g/mol. The van der Waals surface area contributed by atoms with Gasteiger partial charge in [0.05, 0.1) is 0 Å².